The minimum absolute atomic E-state index is 0.0416. The van der Waals surface area contributed by atoms with Crippen LogP contribution in [0.5, 0.6) is 0 Å². The maximum atomic E-state index is 12.0. The lowest BCUT2D eigenvalue weighted by Gasteiger charge is -2.31. The van der Waals surface area contributed by atoms with Crippen LogP contribution in [0.1, 0.15) is 26.2 Å². The molecule has 0 spiro atoms. The van der Waals surface area contributed by atoms with Crippen LogP contribution in [0.4, 0.5) is 16.2 Å². The van der Waals surface area contributed by atoms with Crippen LogP contribution >= 0.6 is 0 Å². The summed E-state index contributed by atoms with van der Waals surface area (Å²) in [5.74, 6) is -0.165. The van der Waals surface area contributed by atoms with Gasteiger partial charge in [0.25, 0.3) is 0 Å². The van der Waals surface area contributed by atoms with Crippen molar-refractivity contribution in [3.8, 4) is 0 Å². The average molecular weight is 247 g/mol. The summed E-state index contributed by atoms with van der Waals surface area (Å²) in [5, 5.41) is 2.85. The van der Waals surface area contributed by atoms with E-state index in [0.29, 0.717) is 17.8 Å². The number of amides is 3. The van der Waals surface area contributed by atoms with Gasteiger partial charge in [-0.3, -0.25) is 4.79 Å². The molecule has 1 unspecified atom stereocenters. The maximum Gasteiger partial charge on any atom is 0.328 e. The van der Waals surface area contributed by atoms with E-state index in [4.69, 9.17) is 5.73 Å². The van der Waals surface area contributed by atoms with Crippen molar-refractivity contribution < 1.29 is 9.59 Å². The summed E-state index contributed by atoms with van der Waals surface area (Å²) in [5.41, 5.74) is 6.74. The van der Waals surface area contributed by atoms with Crippen LogP contribution in [0.2, 0.25) is 0 Å². The zero-order chi connectivity index (χ0) is 13.1. The lowest BCUT2D eigenvalue weighted by atomic mass is 10.1. The minimum Gasteiger partial charge on any atom is -0.399 e. The number of imide groups is 1. The average Bonchev–Trinajstić information content (AvgIpc) is 2.31. The second-order valence-electron chi connectivity index (χ2n) is 4.46. The number of carbonyl (C=O) groups excluding carboxylic acids is 2. The highest BCUT2D eigenvalue weighted by Crippen LogP contribution is 2.21. The van der Waals surface area contributed by atoms with Gasteiger partial charge >= 0.3 is 6.03 Å². The van der Waals surface area contributed by atoms with Gasteiger partial charge in [0.15, 0.2) is 0 Å². The zero-order valence-corrected chi connectivity index (χ0v) is 10.3. The number of urea groups is 1. The number of nitrogens with zero attached hydrogens (tertiary/aromatic N) is 1. The highest BCUT2D eigenvalue weighted by Gasteiger charge is 2.32. The summed E-state index contributed by atoms with van der Waals surface area (Å²) in [6.45, 7) is 2.03. The third-order valence-corrected chi connectivity index (χ3v) is 2.99. The molecular formula is C13H17N3O2. The normalized spacial score (nSPS) is 19.8. The Morgan fingerprint density at radius 3 is 2.56 bits per heavy atom. The molecule has 0 aliphatic carbocycles. The number of rotatable bonds is 3. The van der Waals surface area contributed by atoms with E-state index < -0.39 is 0 Å². The van der Waals surface area contributed by atoms with Gasteiger partial charge in [0, 0.05) is 18.2 Å². The van der Waals surface area contributed by atoms with Crippen LogP contribution in [-0.2, 0) is 4.79 Å². The minimum atomic E-state index is -0.352. The van der Waals surface area contributed by atoms with Gasteiger partial charge in [-0.05, 0) is 30.7 Å². The van der Waals surface area contributed by atoms with Crippen molar-refractivity contribution in [1.29, 1.82) is 0 Å². The molecule has 0 radical (unpaired) electrons. The first kappa shape index (κ1) is 12.4. The molecule has 5 heteroatoms. The second-order valence-corrected chi connectivity index (χ2v) is 4.46. The lowest BCUT2D eigenvalue weighted by Crippen LogP contribution is -2.54. The third-order valence-electron chi connectivity index (χ3n) is 2.99. The van der Waals surface area contributed by atoms with E-state index in [9.17, 15) is 9.59 Å². The lowest BCUT2D eigenvalue weighted by molar-refractivity contribution is -0.119. The highest BCUT2D eigenvalue weighted by molar-refractivity contribution is 6.16. The highest BCUT2D eigenvalue weighted by atomic mass is 16.2. The Hall–Kier alpha value is -2.04. The number of hydrogen-bond donors (Lipinski definition) is 2. The van der Waals surface area contributed by atoms with Gasteiger partial charge in [-0.2, -0.15) is 0 Å². The summed E-state index contributed by atoms with van der Waals surface area (Å²) in [6.07, 6.45) is 2.12. The van der Waals surface area contributed by atoms with Crippen molar-refractivity contribution >= 4 is 23.3 Å². The number of hydrogen-bond acceptors (Lipinski definition) is 3. The smallest absolute Gasteiger partial charge is 0.328 e. The van der Waals surface area contributed by atoms with E-state index in [2.05, 4.69) is 5.32 Å². The molecular weight excluding hydrogens is 230 g/mol. The first-order valence-electron chi connectivity index (χ1n) is 6.10. The summed E-state index contributed by atoms with van der Waals surface area (Å²) in [7, 11) is 0. The number of nitrogens with one attached hydrogen (secondary N) is 1. The number of benzene rings is 1. The maximum absolute atomic E-state index is 12.0. The Balaban J connectivity index is 2.17. The van der Waals surface area contributed by atoms with Crippen LogP contribution < -0.4 is 16.0 Å². The SMILES string of the molecule is CCCC1CC(=O)N(c2ccc(N)cc2)C(=O)N1. The summed E-state index contributed by atoms with van der Waals surface area (Å²) >= 11 is 0. The predicted octanol–water partition coefficient (Wildman–Crippen LogP) is 1.88. The van der Waals surface area contributed by atoms with Crippen LogP contribution in [0.3, 0.4) is 0 Å². The molecule has 18 heavy (non-hydrogen) atoms. The first-order valence-corrected chi connectivity index (χ1v) is 6.10. The molecule has 3 N–H and O–H groups in total. The van der Waals surface area contributed by atoms with E-state index in [1.54, 1.807) is 24.3 Å². The molecule has 3 amide bonds. The molecule has 1 atom stereocenters. The first-order chi connectivity index (χ1) is 8.61. The predicted molar refractivity (Wildman–Crippen MR) is 70.2 cm³/mol. The van der Waals surface area contributed by atoms with E-state index >= 15 is 0 Å². The fourth-order valence-electron chi connectivity index (χ4n) is 2.11. The molecule has 96 valence electrons. The Bertz CT molecular complexity index is 438. The number of carbonyl (C=O) groups is 2. The van der Waals surface area contributed by atoms with Gasteiger partial charge in [0.05, 0.1) is 5.69 Å². The summed E-state index contributed by atoms with van der Waals surface area (Å²) < 4.78 is 0. The van der Waals surface area contributed by atoms with Crippen molar-refractivity contribution in [1.82, 2.24) is 5.32 Å². The monoisotopic (exact) mass is 247 g/mol. The number of nitrogens with two attached hydrogens (primary N) is 1. The van der Waals surface area contributed by atoms with Crippen LogP contribution in [-0.4, -0.2) is 18.0 Å². The summed E-state index contributed by atoms with van der Waals surface area (Å²) in [4.78, 5) is 25.1. The Kier molecular flexibility index (Phi) is 3.50. The van der Waals surface area contributed by atoms with Gasteiger partial charge < -0.3 is 11.1 Å². The fraction of sp³-hybridized carbons (Fsp3) is 0.385. The molecule has 1 aliphatic rings. The van der Waals surface area contributed by atoms with Crippen molar-refractivity contribution in [2.45, 2.75) is 32.2 Å². The van der Waals surface area contributed by atoms with Gasteiger partial charge in [0.1, 0.15) is 0 Å². The van der Waals surface area contributed by atoms with Crippen LogP contribution in [0.25, 0.3) is 0 Å². The molecule has 0 aromatic heterocycles. The van der Waals surface area contributed by atoms with Gasteiger partial charge in [-0.15, -0.1) is 0 Å². The number of anilines is 2. The van der Waals surface area contributed by atoms with Crippen molar-refractivity contribution in [3.63, 3.8) is 0 Å². The van der Waals surface area contributed by atoms with Crippen molar-refractivity contribution in [3.05, 3.63) is 24.3 Å². The van der Waals surface area contributed by atoms with Crippen LogP contribution in [0, 0.1) is 0 Å². The van der Waals surface area contributed by atoms with E-state index in [0.717, 1.165) is 12.8 Å². The molecule has 1 aliphatic heterocycles. The quantitative estimate of drug-likeness (QED) is 0.801. The molecule has 1 aromatic carbocycles. The topological polar surface area (TPSA) is 75.4 Å². The summed E-state index contributed by atoms with van der Waals surface area (Å²) in [6, 6.07) is 6.30. The molecule has 1 heterocycles. The molecule has 5 nitrogen and oxygen atoms in total. The molecule has 1 saturated heterocycles. The second kappa shape index (κ2) is 5.08. The molecule has 0 bridgehead atoms. The standard InChI is InChI=1S/C13H17N3O2/c1-2-3-10-8-12(17)16(13(18)15-10)11-6-4-9(14)5-7-11/h4-7,10H,2-3,8,14H2,1H3,(H,15,18). The molecule has 1 aromatic rings. The number of nitrogen functional groups attached to an aromatic ring is 1. The fourth-order valence-corrected chi connectivity index (χ4v) is 2.11. The molecule has 2 rings (SSSR count). The van der Waals surface area contributed by atoms with Crippen molar-refractivity contribution in [2.75, 3.05) is 10.6 Å². The Morgan fingerprint density at radius 2 is 2.00 bits per heavy atom. The molecule has 1 fully saturated rings. The van der Waals surface area contributed by atoms with Crippen LogP contribution in [0.15, 0.2) is 24.3 Å². The van der Waals surface area contributed by atoms with E-state index in [1.165, 1.54) is 4.90 Å². The molecule has 0 saturated carbocycles. The van der Waals surface area contributed by atoms with Crippen molar-refractivity contribution in [2.24, 2.45) is 0 Å². The largest absolute Gasteiger partial charge is 0.399 e. The van der Waals surface area contributed by atoms with Gasteiger partial charge in [-0.25, -0.2) is 9.69 Å². The Morgan fingerprint density at radius 1 is 1.33 bits per heavy atom. The third kappa shape index (κ3) is 2.45. The Labute approximate surface area is 106 Å². The van der Waals surface area contributed by atoms with E-state index in [1.807, 2.05) is 6.92 Å². The van der Waals surface area contributed by atoms with Gasteiger partial charge in [-0.1, -0.05) is 13.3 Å². The van der Waals surface area contributed by atoms with E-state index in [-0.39, 0.29) is 18.0 Å². The van der Waals surface area contributed by atoms with Gasteiger partial charge in [0.2, 0.25) is 5.91 Å². The zero-order valence-electron chi connectivity index (χ0n) is 10.3.